The lowest BCUT2D eigenvalue weighted by molar-refractivity contribution is 0.349. The first-order valence-electron chi connectivity index (χ1n) is 5.33. The van der Waals surface area contributed by atoms with Crippen molar-refractivity contribution < 1.29 is 0 Å². The molecule has 0 radical (unpaired) electrons. The number of nitrogens with zero attached hydrogens (tertiary/aromatic N) is 3. The molecule has 1 aromatic rings. The molecule has 0 amide bonds. The molecule has 2 heterocycles. The third-order valence-electron chi connectivity index (χ3n) is 1.70. The molecule has 0 aliphatic carbocycles. The normalized spacial score (nSPS) is 13.2. The van der Waals surface area contributed by atoms with Gasteiger partial charge in [-0.3, -0.25) is 14.9 Å². The van der Waals surface area contributed by atoms with E-state index in [2.05, 4.69) is 21.9 Å². The monoisotopic (exact) mass is 195 g/mol. The Morgan fingerprint density at radius 1 is 0.929 bits per heavy atom. The standard InChI is InChI=1S/C7H9N3.2C2H6/c1-10-4-6-7(5-10)9-3-2-8-6;2*1-2/h2-3H,4-5H2,1H3;2*1-2H3. The topological polar surface area (TPSA) is 29.0 Å². The van der Waals surface area contributed by atoms with Gasteiger partial charge >= 0.3 is 0 Å². The molecule has 3 nitrogen and oxygen atoms in total. The van der Waals surface area contributed by atoms with Crippen LogP contribution in [0.4, 0.5) is 0 Å². The Morgan fingerprint density at radius 2 is 1.29 bits per heavy atom. The molecule has 0 atom stereocenters. The van der Waals surface area contributed by atoms with E-state index < -0.39 is 0 Å². The molecule has 0 saturated heterocycles. The van der Waals surface area contributed by atoms with E-state index in [1.165, 1.54) is 0 Å². The van der Waals surface area contributed by atoms with Gasteiger partial charge in [0.1, 0.15) is 0 Å². The fraction of sp³-hybridized carbons (Fsp3) is 0.636. The number of hydrogen-bond acceptors (Lipinski definition) is 3. The van der Waals surface area contributed by atoms with Crippen molar-refractivity contribution in [3.05, 3.63) is 23.8 Å². The van der Waals surface area contributed by atoms with E-state index in [1.807, 2.05) is 27.7 Å². The molecule has 14 heavy (non-hydrogen) atoms. The molecule has 1 aliphatic rings. The van der Waals surface area contributed by atoms with Crippen LogP contribution in [-0.4, -0.2) is 21.9 Å². The van der Waals surface area contributed by atoms with Crippen molar-refractivity contribution in [1.29, 1.82) is 0 Å². The Morgan fingerprint density at radius 3 is 1.64 bits per heavy atom. The maximum absolute atomic E-state index is 4.21. The zero-order valence-electron chi connectivity index (χ0n) is 9.91. The largest absolute Gasteiger partial charge is 0.295 e. The highest BCUT2D eigenvalue weighted by molar-refractivity contribution is 5.14. The van der Waals surface area contributed by atoms with E-state index in [0.29, 0.717) is 0 Å². The molecular weight excluding hydrogens is 174 g/mol. The molecule has 0 aromatic carbocycles. The Hall–Kier alpha value is -0.960. The van der Waals surface area contributed by atoms with Crippen LogP contribution in [-0.2, 0) is 13.1 Å². The van der Waals surface area contributed by atoms with Gasteiger partial charge in [0.05, 0.1) is 11.4 Å². The van der Waals surface area contributed by atoms with Gasteiger partial charge in [-0.15, -0.1) is 0 Å². The van der Waals surface area contributed by atoms with Crippen LogP contribution in [0.1, 0.15) is 39.1 Å². The molecule has 0 saturated carbocycles. The Kier molecular flexibility index (Phi) is 6.93. The molecule has 1 aliphatic heterocycles. The van der Waals surface area contributed by atoms with Gasteiger partial charge in [0, 0.05) is 25.5 Å². The number of rotatable bonds is 0. The molecule has 80 valence electrons. The summed E-state index contributed by atoms with van der Waals surface area (Å²) in [5, 5.41) is 0. The van der Waals surface area contributed by atoms with Gasteiger partial charge in [-0.1, -0.05) is 27.7 Å². The third kappa shape index (κ3) is 3.42. The van der Waals surface area contributed by atoms with Crippen LogP contribution in [0.25, 0.3) is 0 Å². The predicted octanol–water partition coefficient (Wildman–Crippen LogP) is 2.47. The smallest absolute Gasteiger partial charge is 0.0772 e. The van der Waals surface area contributed by atoms with Crippen LogP contribution in [0.15, 0.2) is 12.4 Å². The minimum Gasteiger partial charge on any atom is -0.295 e. The van der Waals surface area contributed by atoms with Crippen molar-refractivity contribution in [2.24, 2.45) is 0 Å². The molecule has 0 fully saturated rings. The van der Waals surface area contributed by atoms with Gasteiger partial charge in [0.15, 0.2) is 0 Å². The molecule has 1 aromatic heterocycles. The Balaban J connectivity index is 0.000000379. The second-order valence-electron chi connectivity index (χ2n) is 2.62. The second-order valence-corrected chi connectivity index (χ2v) is 2.62. The lowest BCUT2D eigenvalue weighted by atomic mass is 10.4. The summed E-state index contributed by atoms with van der Waals surface area (Å²) in [6.45, 7) is 9.90. The van der Waals surface area contributed by atoms with Crippen LogP contribution in [0, 0.1) is 0 Å². The number of fused-ring (bicyclic) bond motifs is 1. The first kappa shape index (κ1) is 13.0. The minimum atomic E-state index is 0.948. The van der Waals surface area contributed by atoms with Gasteiger partial charge in [-0.05, 0) is 7.05 Å². The zero-order chi connectivity index (χ0) is 11.0. The summed E-state index contributed by atoms with van der Waals surface area (Å²) in [6.07, 6.45) is 3.50. The zero-order valence-corrected chi connectivity index (χ0v) is 9.91. The van der Waals surface area contributed by atoms with Gasteiger partial charge in [0.2, 0.25) is 0 Å². The molecule has 0 N–H and O–H groups in total. The summed E-state index contributed by atoms with van der Waals surface area (Å²) in [6, 6.07) is 0. The van der Waals surface area contributed by atoms with Crippen molar-refractivity contribution in [2.45, 2.75) is 40.8 Å². The van der Waals surface area contributed by atoms with Crippen LogP contribution in [0.2, 0.25) is 0 Å². The van der Waals surface area contributed by atoms with Crippen molar-refractivity contribution in [2.75, 3.05) is 7.05 Å². The molecule has 0 bridgehead atoms. The molecule has 0 spiro atoms. The summed E-state index contributed by atoms with van der Waals surface area (Å²) in [4.78, 5) is 10.6. The van der Waals surface area contributed by atoms with E-state index in [-0.39, 0.29) is 0 Å². The van der Waals surface area contributed by atoms with E-state index in [9.17, 15) is 0 Å². The number of hydrogen-bond donors (Lipinski definition) is 0. The van der Waals surface area contributed by atoms with Crippen LogP contribution >= 0.6 is 0 Å². The summed E-state index contributed by atoms with van der Waals surface area (Å²) in [7, 11) is 2.07. The van der Waals surface area contributed by atoms with Crippen LogP contribution in [0.5, 0.6) is 0 Å². The van der Waals surface area contributed by atoms with Crippen molar-refractivity contribution in [3.8, 4) is 0 Å². The molecule has 3 heteroatoms. The Labute approximate surface area is 87.2 Å². The second kappa shape index (κ2) is 7.44. The van der Waals surface area contributed by atoms with E-state index in [4.69, 9.17) is 0 Å². The minimum absolute atomic E-state index is 0.948. The quantitative estimate of drug-likeness (QED) is 0.637. The van der Waals surface area contributed by atoms with Crippen LogP contribution in [0.3, 0.4) is 0 Å². The SMILES string of the molecule is CC.CC.CN1Cc2nccnc2C1. The van der Waals surface area contributed by atoms with Gasteiger partial charge in [-0.2, -0.15) is 0 Å². The fourth-order valence-electron chi connectivity index (χ4n) is 1.23. The van der Waals surface area contributed by atoms with Crippen molar-refractivity contribution in [1.82, 2.24) is 14.9 Å². The summed E-state index contributed by atoms with van der Waals surface area (Å²) in [5.74, 6) is 0. The highest BCUT2D eigenvalue weighted by Gasteiger charge is 2.16. The lowest BCUT2D eigenvalue weighted by Gasteiger charge is -2.01. The molecular formula is C11H21N3. The first-order chi connectivity index (χ1) is 6.86. The summed E-state index contributed by atoms with van der Waals surface area (Å²) >= 11 is 0. The first-order valence-corrected chi connectivity index (χ1v) is 5.33. The van der Waals surface area contributed by atoms with Crippen molar-refractivity contribution >= 4 is 0 Å². The maximum atomic E-state index is 4.21. The summed E-state index contributed by atoms with van der Waals surface area (Å²) < 4.78 is 0. The average Bonchev–Trinajstić information content (AvgIpc) is 2.64. The van der Waals surface area contributed by atoms with E-state index >= 15 is 0 Å². The average molecular weight is 195 g/mol. The lowest BCUT2D eigenvalue weighted by Crippen LogP contribution is -2.07. The van der Waals surface area contributed by atoms with Gasteiger partial charge in [0.25, 0.3) is 0 Å². The molecule has 0 unspecified atom stereocenters. The number of aromatic nitrogens is 2. The fourth-order valence-corrected chi connectivity index (χ4v) is 1.23. The van der Waals surface area contributed by atoms with Gasteiger partial charge in [-0.25, -0.2) is 0 Å². The summed E-state index contributed by atoms with van der Waals surface area (Å²) in [5.41, 5.74) is 2.26. The Bertz CT molecular complexity index is 223. The van der Waals surface area contributed by atoms with Crippen LogP contribution < -0.4 is 0 Å². The maximum Gasteiger partial charge on any atom is 0.0772 e. The van der Waals surface area contributed by atoms with Gasteiger partial charge < -0.3 is 0 Å². The van der Waals surface area contributed by atoms with E-state index in [1.54, 1.807) is 12.4 Å². The third-order valence-corrected chi connectivity index (χ3v) is 1.70. The predicted molar refractivity (Wildman–Crippen MR) is 59.9 cm³/mol. The molecule has 2 rings (SSSR count). The highest BCUT2D eigenvalue weighted by Crippen LogP contribution is 2.14. The van der Waals surface area contributed by atoms with E-state index in [0.717, 1.165) is 24.5 Å². The highest BCUT2D eigenvalue weighted by atomic mass is 15.1. The van der Waals surface area contributed by atoms with Crippen molar-refractivity contribution in [3.63, 3.8) is 0 Å².